The van der Waals surface area contributed by atoms with Gasteiger partial charge in [-0.1, -0.05) is 11.3 Å². The summed E-state index contributed by atoms with van der Waals surface area (Å²) in [6.07, 6.45) is 2.24. The number of carbonyl (C=O) groups is 1. The Morgan fingerprint density at radius 1 is 1.71 bits per heavy atom. The van der Waals surface area contributed by atoms with Crippen LogP contribution in [0.25, 0.3) is 0 Å². The van der Waals surface area contributed by atoms with E-state index in [-0.39, 0.29) is 6.42 Å². The Hall–Kier alpha value is -1.65. The predicted molar refractivity (Wildman–Crippen MR) is 50.9 cm³/mol. The smallest absolute Gasteiger partial charge is 0.303 e. The average Bonchev–Trinajstić information content (AvgIpc) is 2.46. The van der Waals surface area contributed by atoms with Crippen LogP contribution in [0.5, 0.6) is 0 Å². The van der Waals surface area contributed by atoms with Crippen molar-refractivity contribution in [1.82, 2.24) is 15.0 Å². The number of hydrogen-bond donors (Lipinski definition) is 1. The molecule has 0 unspecified atom stereocenters. The summed E-state index contributed by atoms with van der Waals surface area (Å²) in [4.78, 5) is 10.3. The van der Waals surface area contributed by atoms with Gasteiger partial charge in [0.25, 0.3) is 0 Å². The summed E-state index contributed by atoms with van der Waals surface area (Å²) in [7, 11) is 0. The van der Waals surface area contributed by atoms with Crippen LogP contribution in [0.3, 0.4) is 0 Å². The van der Waals surface area contributed by atoms with E-state index in [0.717, 1.165) is 11.4 Å². The molecule has 0 amide bonds. The van der Waals surface area contributed by atoms with Crippen molar-refractivity contribution in [2.45, 2.75) is 26.3 Å². The molecule has 1 rings (SSSR count). The third-order valence-corrected chi connectivity index (χ3v) is 1.96. The quantitative estimate of drug-likeness (QED) is 0.705. The van der Waals surface area contributed by atoms with Gasteiger partial charge < -0.3 is 5.11 Å². The van der Waals surface area contributed by atoms with E-state index >= 15 is 0 Å². The van der Waals surface area contributed by atoms with E-state index in [4.69, 9.17) is 5.11 Å². The van der Waals surface area contributed by atoms with Crippen molar-refractivity contribution in [2.24, 2.45) is 0 Å². The molecule has 5 heteroatoms. The number of hydrogen-bond acceptors (Lipinski definition) is 3. The SMILES string of the molecule is C=CCn1nnc(CCC(=O)O)c1C. The second kappa shape index (κ2) is 4.55. The van der Waals surface area contributed by atoms with Crippen LogP contribution in [0, 0.1) is 6.92 Å². The van der Waals surface area contributed by atoms with Gasteiger partial charge >= 0.3 is 5.97 Å². The van der Waals surface area contributed by atoms with Crippen LogP contribution in [0.1, 0.15) is 17.8 Å². The predicted octanol–water partition coefficient (Wildman–Crippen LogP) is 0.790. The number of aryl methyl sites for hydroxylation is 1. The highest BCUT2D eigenvalue weighted by molar-refractivity contribution is 5.66. The molecule has 0 aromatic carbocycles. The van der Waals surface area contributed by atoms with Crippen LogP contribution in [-0.2, 0) is 17.8 Å². The Labute approximate surface area is 82.0 Å². The maximum absolute atomic E-state index is 10.3. The molecule has 0 aliphatic rings. The van der Waals surface area contributed by atoms with E-state index < -0.39 is 5.97 Å². The highest BCUT2D eigenvalue weighted by Gasteiger charge is 2.08. The number of carboxylic acids is 1. The maximum Gasteiger partial charge on any atom is 0.303 e. The molecule has 0 bridgehead atoms. The first-order chi connectivity index (χ1) is 6.65. The third-order valence-electron chi connectivity index (χ3n) is 1.96. The summed E-state index contributed by atoms with van der Waals surface area (Å²) in [5.74, 6) is -0.817. The molecule has 1 aromatic heterocycles. The summed E-state index contributed by atoms with van der Waals surface area (Å²) in [5.41, 5.74) is 1.65. The molecule has 5 nitrogen and oxygen atoms in total. The maximum atomic E-state index is 10.3. The van der Waals surface area contributed by atoms with Crippen LogP contribution in [0.2, 0.25) is 0 Å². The van der Waals surface area contributed by atoms with Crippen molar-refractivity contribution in [3.8, 4) is 0 Å². The number of nitrogens with zero attached hydrogens (tertiary/aromatic N) is 3. The normalized spacial score (nSPS) is 10.1. The largest absolute Gasteiger partial charge is 0.481 e. The van der Waals surface area contributed by atoms with Gasteiger partial charge in [0, 0.05) is 6.42 Å². The molecule has 0 spiro atoms. The molecule has 1 N–H and O–H groups in total. The zero-order valence-corrected chi connectivity index (χ0v) is 8.10. The molecule has 76 valence electrons. The first kappa shape index (κ1) is 10.4. The number of aromatic nitrogens is 3. The fraction of sp³-hybridized carbons (Fsp3) is 0.444. The molecule has 0 fully saturated rings. The highest BCUT2D eigenvalue weighted by atomic mass is 16.4. The standard InChI is InChI=1S/C9H13N3O2/c1-3-6-12-7(2)8(10-11-12)4-5-9(13)14/h3H,1,4-6H2,2H3,(H,13,14). The molecule has 0 saturated heterocycles. The lowest BCUT2D eigenvalue weighted by molar-refractivity contribution is -0.136. The van der Waals surface area contributed by atoms with E-state index in [1.165, 1.54) is 0 Å². The van der Waals surface area contributed by atoms with Gasteiger partial charge in [0.1, 0.15) is 0 Å². The summed E-state index contributed by atoms with van der Waals surface area (Å²) < 4.78 is 1.70. The summed E-state index contributed by atoms with van der Waals surface area (Å²) in [5, 5.41) is 16.3. The molecule has 0 radical (unpaired) electrons. The van der Waals surface area contributed by atoms with E-state index in [1.807, 2.05) is 6.92 Å². The Morgan fingerprint density at radius 2 is 2.43 bits per heavy atom. The molecule has 14 heavy (non-hydrogen) atoms. The highest BCUT2D eigenvalue weighted by Crippen LogP contribution is 2.06. The van der Waals surface area contributed by atoms with E-state index in [2.05, 4.69) is 16.9 Å². The van der Waals surface area contributed by atoms with Crippen LogP contribution in [0.15, 0.2) is 12.7 Å². The number of carboxylic acid groups (broad SMARTS) is 1. The van der Waals surface area contributed by atoms with Crippen molar-refractivity contribution in [3.63, 3.8) is 0 Å². The van der Waals surface area contributed by atoms with Gasteiger partial charge in [-0.25, -0.2) is 4.68 Å². The van der Waals surface area contributed by atoms with Crippen molar-refractivity contribution in [3.05, 3.63) is 24.0 Å². The lowest BCUT2D eigenvalue weighted by Crippen LogP contribution is -2.02. The van der Waals surface area contributed by atoms with Gasteiger partial charge in [0.15, 0.2) is 0 Å². The van der Waals surface area contributed by atoms with E-state index in [0.29, 0.717) is 13.0 Å². The topological polar surface area (TPSA) is 68.0 Å². The van der Waals surface area contributed by atoms with Crippen molar-refractivity contribution in [1.29, 1.82) is 0 Å². The average molecular weight is 195 g/mol. The monoisotopic (exact) mass is 195 g/mol. The molecule has 0 atom stereocenters. The number of allylic oxidation sites excluding steroid dienone is 1. The molecule has 1 heterocycles. The minimum atomic E-state index is -0.817. The number of aliphatic carboxylic acids is 1. The zero-order valence-electron chi connectivity index (χ0n) is 8.10. The Balaban J connectivity index is 2.68. The second-order valence-corrected chi connectivity index (χ2v) is 2.99. The van der Waals surface area contributed by atoms with Gasteiger partial charge in [0.05, 0.1) is 24.4 Å². The molecule has 1 aromatic rings. The molecular weight excluding hydrogens is 182 g/mol. The minimum Gasteiger partial charge on any atom is -0.481 e. The van der Waals surface area contributed by atoms with Crippen LogP contribution in [-0.4, -0.2) is 26.1 Å². The van der Waals surface area contributed by atoms with Crippen molar-refractivity contribution < 1.29 is 9.90 Å². The first-order valence-electron chi connectivity index (χ1n) is 4.36. The second-order valence-electron chi connectivity index (χ2n) is 2.99. The lowest BCUT2D eigenvalue weighted by atomic mass is 10.2. The fourth-order valence-corrected chi connectivity index (χ4v) is 1.15. The summed E-state index contributed by atoms with van der Waals surface area (Å²) >= 11 is 0. The van der Waals surface area contributed by atoms with Gasteiger partial charge in [-0.15, -0.1) is 11.7 Å². The zero-order chi connectivity index (χ0) is 10.6. The van der Waals surface area contributed by atoms with E-state index in [1.54, 1.807) is 10.8 Å². The fourth-order valence-electron chi connectivity index (χ4n) is 1.15. The Bertz CT molecular complexity index is 344. The van der Waals surface area contributed by atoms with Crippen molar-refractivity contribution in [2.75, 3.05) is 0 Å². The van der Waals surface area contributed by atoms with Gasteiger partial charge in [-0.2, -0.15) is 0 Å². The minimum absolute atomic E-state index is 0.0909. The third kappa shape index (κ3) is 2.42. The molecular formula is C9H13N3O2. The van der Waals surface area contributed by atoms with E-state index in [9.17, 15) is 4.79 Å². The first-order valence-corrected chi connectivity index (χ1v) is 4.36. The van der Waals surface area contributed by atoms with Gasteiger partial charge in [-0.05, 0) is 6.92 Å². The Morgan fingerprint density at radius 3 is 3.00 bits per heavy atom. The van der Waals surface area contributed by atoms with Gasteiger partial charge in [0.2, 0.25) is 0 Å². The van der Waals surface area contributed by atoms with Crippen LogP contribution in [0.4, 0.5) is 0 Å². The molecule has 0 aliphatic carbocycles. The summed E-state index contributed by atoms with van der Waals surface area (Å²) in [6, 6.07) is 0. The van der Waals surface area contributed by atoms with Crippen LogP contribution >= 0.6 is 0 Å². The lowest BCUT2D eigenvalue weighted by Gasteiger charge is -1.98. The van der Waals surface area contributed by atoms with Crippen molar-refractivity contribution >= 4 is 5.97 Å². The molecule has 0 aliphatic heterocycles. The number of rotatable bonds is 5. The summed E-state index contributed by atoms with van der Waals surface area (Å²) in [6.45, 7) is 6.08. The van der Waals surface area contributed by atoms with Crippen LogP contribution < -0.4 is 0 Å². The Kier molecular flexibility index (Phi) is 3.39. The van der Waals surface area contributed by atoms with Gasteiger partial charge in [-0.3, -0.25) is 4.79 Å². The molecule has 0 saturated carbocycles.